The topological polar surface area (TPSA) is 99.4 Å². The van der Waals surface area contributed by atoms with Gasteiger partial charge in [-0.2, -0.15) is 4.98 Å². The van der Waals surface area contributed by atoms with Crippen LogP contribution in [0.5, 0.6) is 11.6 Å². The second kappa shape index (κ2) is 10.4. The highest BCUT2D eigenvalue weighted by atomic mass is 35.5. The van der Waals surface area contributed by atoms with Crippen LogP contribution in [0.1, 0.15) is 38.7 Å². The third-order valence-corrected chi connectivity index (χ3v) is 7.10. The maximum Gasteiger partial charge on any atom is 0.306 e. The Kier molecular flexibility index (Phi) is 7.15. The lowest BCUT2D eigenvalue weighted by Gasteiger charge is -2.13. The number of rotatable bonds is 10. The van der Waals surface area contributed by atoms with Gasteiger partial charge < -0.3 is 19.1 Å². The summed E-state index contributed by atoms with van der Waals surface area (Å²) in [4.78, 5) is 24.6. The number of aliphatic carboxylic acids is 1. The minimum atomic E-state index is -0.876. The van der Waals surface area contributed by atoms with E-state index in [0.717, 1.165) is 12.8 Å². The number of carboxylic acids is 1. The summed E-state index contributed by atoms with van der Waals surface area (Å²) in [6.45, 7) is 3.95. The molecule has 198 valence electrons. The van der Waals surface area contributed by atoms with Crippen molar-refractivity contribution in [1.29, 1.82) is 0 Å². The molecule has 2 aromatic carbocycles. The van der Waals surface area contributed by atoms with Gasteiger partial charge in [0.25, 0.3) is 0 Å². The first-order valence-corrected chi connectivity index (χ1v) is 12.9. The molecule has 4 aromatic rings. The minimum absolute atomic E-state index is 0.0909. The van der Waals surface area contributed by atoms with E-state index in [2.05, 4.69) is 9.97 Å². The molecule has 5 rings (SSSR count). The van der Waals surface area contributed by atoms with Gasteiger partial charge in [0.05, 0.1) is 24.1 Å². The molecule has 0 aliphatic heterocycles. The van der Waals surface area contributed by atoms with E-state index in [4.69, 9.17) is 42.8 Å². The Hall–Kier alpha value is -3.43. The second-order valence-electron chi connectivity index (χ2n) is 9.68. The van der Waals surface area contributed by atoms with Crippen molar-refractivity contribution in [3.63, 3.8) is 0 Å². The van der Waals surface area contributed by atoms with E-state index in [1.54, 1.807) is 35.8 Å². The smallest absolute Gasteiger partial charge is 0.306 e. The van der Waals surface area contributed by atoms with Crippen molar-refractivity contribution in [1.82, 2.24) is 19.5 Å². The fraction of sp³-hybridized carbons (Fsp3) is 0.333. The van der Waals surface area contributed by atoms with Crippen LogP contribution in [0.2, 0.25) is 10.0 Å². The molecule has 0 amide bonds. The highest BCUT2D eigenvalue weighted by Crippen LogP contribution is 2.41. The van der Waals surface area contributed by atoms with Gasteiger partial charge in [-0.25, -0.2) is 14.4 Å². The van der Waals surface area contributed by atoms with Crippen LogP contribution in [0.15, 0.2) is 42.7 Å². The molecule has 11 heteroatoms. The van der Waals surface area contributed by atoms with Crippen molar-refractivity contribution in [2.75, 3.05) is 6.61 Å². The lowest BCUT2D eigenvalue weighted by Crippen LogP contribution is -2.13. The summed E-state index contributed by atoms with van der Waals surface area (Å²) in [5.74, 6) is -0.521. The van der Waals surface area contributed by atoms with Crippen LogP contribution in [0.4, 0.5) is 4.39 Å². The van der Waals surface area contributed by atoms with E-state index in [9.17, 15) is 9.18 Å². The molecule has 0 radical (unpaired) electrons. The molecule has 2 aromatic heterocycles. The maximum atomic E-state index is 14.7. The van der Waals surface area contributed by atoms with Gasteiger partial charge in [-0.1, -0.05) is 30.1 Å². The quantitative estimate of drug-likeness (QED) is 0.240. The Labute approximate surface area is 228 Å². The van der Waals surface area contributed by atoms with Gasteiger partial charge in [0.2, 0.25) is 5.88 Å². The summed E-state index contributed by atoms with van der Waals surface area (Å²) in [5.41, 5.74) is 1.54. The Morgan fingerprint density at radius 2 is 2.00 bits per heavy atom. The molecular formula is C27H25Cl2FN4O4. The number of ether oxygens (including phenoxy) is 2. The van der Waals surface area contributed by atoms with Crippen LogP contribution < -0.4 is 9.47 Å². The summed E-state index contributed by atoms with van der Waals surface area (Å²) >= 11 is 12.8. The van der Waals surface area contributed by atoms with Crippen LogP contribution in [0.3, 0.4) is 0 Å². The first-order chi connectivity index (χ1) is 18.1. The van der Waals surface area contributed by atoms with Crippen LogP contribution in [0, 0.1) is 11.7 Å². The van der Waals surface area contributed by atoms with Crippen LogP contribution in [-0.2, 0) is 11.3 Å². The molecule has 1 fully saturated rings. The molecule has 0 unspecified atom stereocenters. The van der Waals surface area contributed by atoms with E-state index >= 15 is 0 Å². The van der Waals surface area contributed by atoms with Crippen molar-refractivity contribution in [2.45, 2.75) is 45.3 Å². The Balaban J connectivity index is 1.54. The van der Waals surface area contributed by atoms with E-state index in [0.29, 0.717) is 56.2 Å². The third-order valence-electron chi connectivity index (χ3n) is 6.55. The van der Waals surface area contributed by atoms with E-state index < -0.39 is 17.7 Å². The first kappa shape index (κ1) is 26.2. The van der Waals surface area contributed by atoms with Crippen molar-refractivity contribution < 1.29 is 23.8 Å². The summed E-state index contributed by atoms with van der Waals surface area (Å²) < 4.78 is 28.3. The zero-order valence-electron chi connectivity index (χ0n) is 20.7. The van der Waals surface area contributed by atoms with Crippen LogP contribution in [0.25, 0.3) is 22.6 Å². The van der Waals surface area contributed by atoms with E-state index in [-0.39, 0.29) is 18.8 Å². The molecule has 2 heterocycles. The van der Waals surface area contributed by atoms with Gasteiger partial charge in [-0.3, -0.25) is 4.79 Å². The zero-order valence-corrected chi connectivity index (χ0v) is 22.3. The SMILES string of the molecule is C[C@H](CCOc1ccc(-c2nc3c(OC4(C)CC4)ncnc3n2Cc2cc(Cl)ccc2F)c(Cl)c1)C(=O)O. The van der Waals surface area contributed by atoms with Crippen LogP contribution in [-0.4, -0.2) is 42.8 Å². The highest BCUT2D eigenvalue weighted by molar-refractivity contribution is 6.33. The number of fused-ring (bicyclic) bond motifs is 1. The molecule has 1 N–H and O–H groups in total. The number of carbonyl (C=O) groups is 1. The molecule has 1 atom stereocenters. The van der Waals surface area contributed by atoms with Crippen molar-refractivity contribution in [3.05, 3.63) is 64.2 Å². The number of halogens is 3. The molecule has 1 saturated carbocycles. The number of imidazole rings is 1. The Bertz CT molecular complexity index is 1520. The zero-order chi connectivity index (χ0) is 27.0. The molecule has 1 aliphatic carbocycles. The summed E-state index contributed by atoms with van der Waals surface area (Å²) in [6, 6.07) is 9.49. The Morgan fingerprint density at radius 3 is 2.71 bits per heavy atom. The largest absolute Gasteiger partial charge is 0.494 e. The summed E-state index contributed by atoms with van der Waals surface area (Å²) in [5, 5.41) is 9.82. The highest BCUT2D eigenvalue weighted by Gasteiger charge is 2.41. The van der Waals surface area contributed by atoms with E-state index in [1.807, 2.05) is 6.92 Å². The number of nitrogens with zero attached hydrogens (tertiary/aromatic N) is 4. The fourth-order valence-corrected chi connectivity index (χ4v) is 4.39. The van der Waals surface area contributed by atoms with Gasteiger partial charge in [-0.15, -0.1) is 0 Å². The standard InChI is InChI=1S/C27H25Cl2FN4O4/c1-15(26(35)36)7-10-37-18-4-5-19(20(29)12-18)23-33-22-24(31-14-32-25(22)38-27(2)8-9-27)34(23)13-16-11-17(28)3-6-21(16)30/h3-6,11-12,14-15H,7-10,13H2,1-2H3,(H,35,36)/t15-/m1/s1. The molecule has 38 heavy (non-hydrogen) atoms. The van der Waals surface area contributed by atoms with Gasteiger partial charge in [0, 0.05) is 16.1 Å². The Morgan fingerprint density at radius 1 is 1.21 bits per heavy atom. The number of aromatic nitrogens is 4. The van der Waals surface area contributed by atoms with Gasteiger partial charge in [-0.05, 0) is 62.6 Å². The van der Waals surface area contributed by atoms with Gasteiger partial charge >= 0.3 is 5.97 Å². The lowest BCUT2D eigenvalue weighted by atomic mass is 10.1. The third kappa shape index (κ3) is 5.54. The van der Waals surface area contributed by atoms with Gasteiger partial charge in [0.15, 0.2) is 11.2 Å². The normalized spacial score (nSPS) is 14.9. The minimum Gasteiger partial charge on any atom is -0.494 e. The lowest BCUT2D eigenvalue weighted by molar-refractivity contribution is -0.141. The fourth-order valence-electron chi connectivity index (χ4n) is 3.94. The summed E-state index contributed by atoms with van der Waals surface area (Å²) in [6.07, 6.45) is 3.59. The van der Waals surface area contributed by atoms with Gasteiger partial charge in [0.1, 0.15) is 29.3 Å². The second-order valence-corrected chi connectivity index (χ2v) is 10.5. The van der Waals surface area contributed by atoms with E-state index in [1.165, 1.54) is 18.5 Å². The van der Waals surface area contributed by atoms with Crippen molar-refractivity contribution >= 4 is 40.3 Å². The van der Waals surface area contributed by atoms with Crippen molar-refractivity contribution in [3.8, 4) is 23.0 Å². The predicted molar refractivity (Wildman–Crippen MR) is 141 cm³/mol. The molecule has 0 spiro atoms. The predicted octanol–water partition coefficient (Wildman–Crippen LogP) is 6.41. The molecule has 0 saturated heterocycles. The summed E-state index contributed by atoms with van der Waals surface area (Å²) in [7, 11) is 0. The number of hydrogen-bond acceptors (Lipinski definition) is 6. The maximum absolute atomic E-state index is 14.7. The number of carboxylic acid groups (broad SMARTS) is 1. The molecule has 1 aliphatic rings. The molecular weight excluding hydrogens is 534 g/mol. The number of benzene rings is 2. The molecule has 8 nitrogen and oxygen atoms in total. The monoisotopic (exact) mass is 558 g/mol. The number of hydrogen-bond donors (Lipinski definition) is 1. The van der Waals surface area contributed by atoms with Crippen molar-refractivity contribution in [2.24, 2.45) is 5.92 Å². The average Bonchev–Trinajstić information content (AvgIpc) is 3.49. The van der Waals surface area contributed by atoms with Crippen LogP contribution >= 0.6 is 23.2 Å². The average molecular weight is 559 g/mol. The first-order valence-electron chi connectivity index (χ1n) is 12.1. The molecule has 0 bridgehead atoms.